The largest absolute Gasteiger partial charge is 0.372 e. The molecule has 1 fully saturated rings. The molecule has 1 aromatic rings. The predicted octanol–water partition coefficient (Wildman–Crippen LogP) is 2.78. The van der Waals surface area contributed by atoms with Crippen LogP contribution in [0.3, 0.4) is 0 Å². The van der Waals surface area contributed by atoms with Crippen LogP contribution in [0.5, 0.6) is 0 Å². The van der Waals surface area contributed by atoms with Gasteiger partial charge in [-0.2, -0.15) is 0 Å². The molecule has 2 rings (SSSR count). The van der Waals surface area contributed by atoms with Crippen molar-refractivity contribution < 1.29 is 9.53 Å². The number of nitrogens with one attached hydrogen (secondary N) is 1. The summed E-state index contributed by atoms with van der Waals surface area (Å²) in [5.41, 5.74) is 2.28. The van der Waals surface area contributed by atoms with Gasteiger partial charge in [0, 0.05) is 19.3 Å². The summed E-state index contributed by atoms with van der Waals surface area (Å²) in [5, 5.41) is 2.81. The molecule has 20 heavy (non-hydrogen) atoms. The predicted molar refractivity (Wildman–Crippen MR) is 80.3 cm³/mol. The van der Waals surface area contributed by atoms with Crippen molar-refractivity contribution in [3.8, 4) is 0 Å². The van der Waals surface area contributed by atoms with Gasteiger partial charge in [-0.05, 0) is 32.4 Å². The van der Waals surface area contributed by atoms with Gasteiger partial charge in [0.1, 0.15) is 0 Å². The molecule has 1 N–H and O–H groups in total. The van der Waals surface area contributed by atoms with Gasteiger partial charge in [0.25, 0.3) is 0 Å². The maximum atomic E-state index is 12.1. The maximum Gasteiger partial charge on any atom is 0.321 e. The summed E-state index contributed by atoms with van der Waals surface area (Å²) in [7, 11) is 0. The minimum Gasteiger partial charge on any atom is -0.372 e. The molecule has 0 saturated carbocycles. The Morgan fingerprint density at radius 3 is 2.70 bits per heavy atom. The van der Waals surface area contributed by atoms with E-state index in [1.165, 1.54) is 5.56 Å². The second kappa shape index (κ2) is 6.57. The number of nitrogens with zero attached hydrogens (tertiary/aromatic N) is 1. The fourth-order valence-corrected chi connectivity index (χ4v) is 2.42. The monoisotopic (exact) mass is 274 g/mol. The van der Waals surface area contributed by atoms with Gasteiger partial charge in [0.05, 0.1) is 12.2 Å². The Kier molecular flexibility index (Phi) is 4.79. The maximum absolute atomic E-state index is 12.1. The number of hydrogen-bond acceptors (Lipinski definition) is 2. The molecule has 1 saturated heterocycles. The first-order valence-corrected chi connectivity index (χ1v) is 6.98. The molecule has 0 aliphatic carbocycles. The lowest BCUT2D eigenvalue weighted by Gasteiger charge is -2.34. The second-order valence-electron chi connectivity index (χ2n) is 5.36. The van der Waals surface area contributed by atoms with Crippen LogP contribution >= 0.6 is 0 Å². The summed E-state index contributed by atoms with van der Waals surface area (Å²) in [6.07, 6.45) is 3.77. The molecule has 0 bridgehead atoms. The molecule has 2 unspecified atom stereocenters. The lowest BCUT2D eigenvalue weighted by molar-refractivity contribution is -0.0541. The summed E-state index contributed by atoms with van der Waals surface area (Å²) < 4.78 is 5.61. The summed E-state index contributed by atoms with van der Waals surface area (Å²) in [5.74, 6) is 0. The Bertz CT molecular complexity index is 489. The average Bonchev–Trinajstić information content (AvgIpc) is 2.37. The quantitative estimate of drug-likeness (QED) is 0.901. The van der Waals surface area contributed by atoms with Crippen LogP contribution in [0.15, 0.2) is 30.5 Å². The molecule has 1 aliphatic rings. The zero-order chi connectivity index (χ0) is 14.5. The van der Waals surface area contributed by atoms with E-state index in [1.54, 1.807) is 11.1 Å². The van der Waals surface area contributed by atoms with Crippen molar-refractivity contribution in [1.82, 2.24) is 10.2 Å². The number of amides is 2. The summed E-state index contributed by atoms with van der Waals surface area (Å²) in [4.78, 5) is 13.8. The van der Waals surface area contributed by atoms with Crippen molar-refractivity contribution in [2.24, 2.45) is 0 Å². The molecule has 4 heteroatoms. The van der Waals surface area contributed by atoms with Gasteiger partial charge in [0.15, 0.2) is 0 Å². The molecule has 108 valence electrons. The number of ether oxygens (including phenoxy) is 1. The molecule has 1 aliphatic heterocycles. The van der Waals surface area contributed by atoms with E-state index in [0.717, 1.165) is 5.56 Å². The van der Waals surface area contributed by atoms with Crippen LogP contribution in [0.2, 0.25) is 0 Å². The first kappa shape index (κ1) is 14.6. The Balaban J connectivity index is 1.88. The van der Waals surface area contributed by atoms with Crippen molar-refractivity contribution in [3.05, 3.63) is 41.6 Å². The number of carbonyl (C=O) groups is 1. The van der Waals surface area contributed by atoms with Gasteiger partial charge in [0.2, 0.25) is 0 Å². The van der Waals surface area contributed by atoms with E-state index >= 15 is 0 Å². The van der Waals surface area contributed by atoms with Gasteiger partial charge < -0.3 is 15.0 Å². The Labute approximate surface area is 120 Å². The molecule has 0 spiro atoms. The Morgan fingerprint density at radius 1 is 1.35 bits per heavy atom. The van der Waals surface area contributed by atoms with Crippen LogP contribution in [-0.4, -0.2) is 36.2 Å². The van der Waals surface area contributed by atoms with E-state index in [2.05, 4.69) is 11.4 Å². The highest BCUT2D eigenvalue weighted by molar-refractivity contribution is 5.76. The minimum atomic E-state index is -0.0732. The smallest absolute Gasteiger partial charge is 0.321 e. The van der Waals surface area contributed by atoms with E-state index in [4.69, 9.17) is 4.74 Å². The molecule has 1 aromatic carbocycles. The SMILES string of the molecule is Cc1cccc(/C=C/NC(=O)N2CC(C)OC(C)C2)c1. The molecule has 4 nitrogen and oxygen atoms in total. The topological polar surface area (TPSA) is 41.6 Å². The van der Waals surface area contributed by atoms with Crippen molar-refractivity contribution in [1.29, 1.82) is 0 Å². The molecular weight excluding hydrogens is 252 g/mol. The highest BCUT2D eigenvalue weighted by Gasteiger charge is 2.25. The van der Waals surface area contributed by atoms with Crippen molar-refractivity contribution >= 4 is 12.1 Å². The first-order valence-electron chi connectivity index (χ1n) is 6.98. The number of morpholine rings is 1. The number of urea groups is 1. The number of rotatable bonds is 2. The molecule has 2 atom stereocenters. The number of carbonyl (C=O) groups excluding carboxylic acids is 1. The molecular formula is C16H22N2O2. The Morgan fingerprint density at radius 2 is 2.05 bits per heavy atom. The van der Waals surface area contributed by atoms with Gasteiger partial charge in [-0.25, -0.2) is 4.79 Å². The lowest BCUT2D eigenvalue weighted by Crippen LogP contribution is -2.50. The normalized spacial score (nSPS) is 23.1. The zero-order valence-electron chi connectivity index (χ0n) is 12.3. The van der Waals surface area contributed by atoms with Crippen molar-refractivity contribution in [3.63, 3.8) is 0 Å². The van der Waals surface area contributed by atoms with Crippen LogP contribution in [0.1, 0.15) is 25.0 Å². The van der Waals surface area contributed by atoms with Crippen LogP contribution in [0.25, 0.3) is 6.08 Å². The van der Waals surface area contributed by atoms with Gasteiger partial charge in [-0.15, -0.1) is 0 Å². The molecule has 2 amide bonds. The van der Waals surface area contributed by atoms with Crippen molar-refractivity contribution in [2.75, 3.05) is 13.1 Å². The fourth-order valence-electron chi connectivity index (χ4n) is 2.42. The zero-order valence-corrected chi connectivity index (χ0v) is 12.3. The Hall–Kier alpha value is -1.81. The third-order valence-electron chi connectivity index (χ3n) is 3.23. The van der Waals surface area contributed by atoms with Crippen LogP contribution in [0, 0.1) is 6.92 Å². The standard InChI is InChI=1S/C16H22N2O2/c1-12-5-4-6-15(9-12)7-8-17-16(19)18-10-13(2)20-14(3)11-18/h4-9,13-14H,10-11H2,1-3H3,(H,17,19)/b8-7+. The van der Waals surface area contributed by atoms with E-state index < -0.39 is 0 Å². The number of benzene rings is 1. The van der Waals surface area contributed by atoms with Crippen LogP contribution in [0.4, 0.5) is 4.79 Å². The number of aryl methyl sites for hydroxylation is 1. The second-order valence-corrected chi connectivity index (χ2v) is 5.36. The minimum absolute atomic E-state index is 0.0732. The third-order valence-corrected chi connectivity index (χ3v) is 3.23. The van der Waals surface area contributed by atoms with Gasteiger partial charge in [-0.1, -0.05) is 29.8 Å². The van der Waals surface area contributed by atoms with E-state index in [1.807, 2.05) is 45.0 Å². The van der Waals surface area contributed by atoms with Gasteiger partial charge in [-0.3, -0.25) is 0 Å². The highest BCUT2D eigenvalue weighted by Crippen LogP contribution is 2.10. The summed E-state index contributed by atoms with van der Waals surface area (Å²) in [6, 6.07) is 8.06. The van der Waals surface area contributed by atoms with Crippen molar-refractivity contribution in [2.45, 2.75) is 33.0 Å². The van der Waals surface area contributed by atoms with E-state index in [9.17, 15) is 4.79 Å². The van der Waals surface area contributed by atoms with E-state index in [-0.39, 0.29) is 18.2 Å². The van der Waals surface area contributed by atoms with E-state index in [0.29, 0.717) is 13.1 Å². The average molecular weight is 274 g/mol. The first-order chi connectivity index (χ1) is 9.54. The highest BCUT2D eigenvalue weighted by atomic mass is 16.5. The third kappa shape index (κ3) is 4.10. The summed E-state index contributed by atoms with van der Waals surface area (Å²) in [6.45, 7) is 7.28. The molecule has 0 aromatic heterocycles. The summed E-state index contributed by atoms with van der Waals surface area (Å²) >= 11 is 0. The van der Waals surface area contributed by atoms with Crippen LogP contribution in [-0.2, 0) is 4.74 Å². The molecule has 0 radical (unpaired) electrons. The molecule has 1 heterocycles. The van der Waals surface area contributed by atoms with Crippen LogP contribution < -0.4 is 5.32 Å². The number of hydrogen-bond donors (Lipinski definition) is 1. The fraction of sp³-hybridized carbons (Fsp3) is 0.438. The van der Waals surface area contributed by atoms with Gasteiger partial charge >= 0.3 is 6.03 Å². The lowest BCUT2D eigenvalue weighted by atomic mass is 10.1.